The van der Waals surface area contributed by atoms with Crippen molar-refractivity contribution in [3.05, 3.63) is 64.8 Å². The number of hydrogen-bond donors (Lipinski definition) is 3. The highest BCUT2D eigenvalue weighted by Gasteiger charge is 2.13. The number of pyridine rings is 1. The molecule has 0 aliphatic carbocycles. The molecule has 1 amide bonds. The summed E-state index contributed by atoms with van der Waals surface area (Å²) in [6, 6.07) is 10.7. The number of thioether (sulfide) groups is 1. The Labute approximate surface area is 203 Å². The van der Waals surface area contributed by atoms with Crippen LogP contribution in [-0.2, 0) is 4.79 Å². The van der Waals surface area contributed by atoms with E-state index in [2.05, 4.69) is 44.2 Å². The van der Waals surface area contributed by atoms with Gasteiger partial charge in [0.25, 0.3) is 5.91 Å². The third kappa shape index (κ3) is 8.49. The van der Waals surface area contributed by atoms with Crippen molar-refractivity contribution >= 4 is 42.0 Å². The molecule has 11 heteroatoms. The lowest BCUT2D eigenvalue weighted by molar-refractivity contribution is -0.114. The number of rotatable bonds is 9. The maximum atomic E-state index is 12.8. The fourth-order valence-corrected chi connectivity index (χ4v) is 3.88. The van der Waals surface area contributed by atoms with E-state index in [4.69, 9.17) is 5.73 Å². The highest BCUT2D eigenvalue weighted by molar-refractivity contribution is 8.03. The number of aldehydes is 1. The Morgan fingerprint density at radius 1 is 1.26 bits per heavy atom. The van der Waals surface area contributed by atoms with E-state index in [0.717, 1.165) is 38.0 Å². The molecule has 2 aromatic rings. The van der Waals surface area contributed by atoms with E-state index in [1.165, 1.54) is 29.7 Å². The van der Waals surface area contributed by atoms with Crippen molar-refractivity contribution in [1.82, 2.24) is 15.2 Å². The second kappa shape index (κ2) is 14.0. The molecule has 0 unspecified atom stereocenters. The summed E-state index contributed by atoms with van der Waals surface area (Å²) in [6.07, 6.45) is 2.24. The summed E-state index contributed by atoms with van der Waals surface area (Å²) in [7, 11) is 3.79. The first-order valence-corrected chi connectivity index (χ1v) is 11.5. The molecule has 1 aromatic carbocycles. The lowest BCUT2D eigenvalue weighted by Crippen LogP contribution is -2.44. The van der Waals surface area contributed by atoms with Gasteiger partial charge in [0.1, 0.15) is 11.3 Å². The second-order valence-corrected chi connectivity index (χ2v) is 8.27. The molecule has 0 atom stereocenters. The molecule has 0 radical (unpaired) electrons. The van der Waals surface area contributed by atoms with Crippen molar-refractivity contribution in [2.24, 2.45) is 10.7 Å². The van der Waals surface area contributed by atoms with Crippen LogP contribution in [0.4, 0.5) is 15.8 Å². The number of nitrogens with one attached hydrogen (secondary N) is 2. The number of benzene rings is 1. The number of nitrogens with zero attached hydrogens (tertiary/aromatic N) is 4. The Kier molecular flexibility index (Phi) is 11.0. The minimum Gasteiger partial charge on any atom is -0.381 e. The molecule has 1 saturated heterocycles. The summed E-state index contributed by atoms with van der Waals surface area (Å²) in [4.78, 5) is 33.3. The predicted molar refractivity (Wildman–Crippen MR) is 137 cm³/mol. The van der Waals surface area contributed by atoms with Crippen molar-refractivity contribution < 1.29 is 14.0 Å². The lowest BCUT2D eigenvalue weighted by atomic mass is 10.2. The quantitative estimate of drug-likeness (QED) is 0.162. The summed E-state index contributed by atoms with van der Waals surface area (Å²) >= 11 is 1.26. The Bertz CT molecular complexity index is 993. The van der Waals surface area contributed by atoms with Gasteiger partial charge in [-0.15, -0.1) is 0 Å². The number of carbonyl (C=O) groups excluding carboxylic acids is 2. The number of primary amides is 1. The molecule has 3 rings (SSSR count). The van der Waals surface area contributed by atoms with Gasteiger partial charge in [-0.1, -0.05) is 11.8 Å². The van der Waals surface area contributed by atoms with Crippen LogP contribution in [0.15, 0.2) is 58.3 Å². The van der Waals surface area contributed by atoms with E-state index in [1.54, 1.807) is 13.1 Å². The maximum Gasteiger partial charge on any atom is 0.269 e. The smallest absolute Gasteiger partial charge is 0.269 e. The van der Waals surface area contributed by atoms with Gasteiger partial charge in [-0.2, -0.15) is 4.39 Å². The number of nitrogens with two attached hydrogens (primary N) is 1. The van der Waals surface area contributed by atoms with Gasteiger partial charge < -0.3 is 26.2 Å². The van der Waals surface area contributed by atoms with Crippen LogP contribution in [-0.4, -0.2) is 74.9 Å². The van der Waals surface area contributed by atoms with Gasteiger partial charge in [0, 0.05) is 62.4 Å². The molecule has 9 nitrogen and oxygen atoms in total. The average molecular weight is 488 g/mol. The van der Waals surface area contributed by atoms with E-state index in [1.807, 2.05) is 24.3 Å². The molecule has 0 bridgehead atoms. The number of piperazine rings is 1. The van der Waals surface area contributed by atoms with Crippen molar-refractivity contribution in [3.63, 3.8) is 0 Å². The number of amides is 1. The number of halogens is 1. The Morgan fingerprint density at radius 2 is 1.94 bits per heavy atom. The topological polar surface area (TPSA) is 116 Å². The van der Waals surface area contributed by atoms with Gasteiger partial charge >= 0.3 is 0 Å². The SMILES string of the molecule is C=N/C(C(N)=O)=C(/NC)SCNc1ccnc(F)c1.CN1CCN(c2ccc(C=O)cc2)CC1. The number of carbonyl (C=O) groups is 2. The van der Waals surface area contributed by atoms with Crippen molar-refractivity contribution in [2.75, 3.05) is 56.4 Å². The Balaban J connectivity index is 0.000000246. The average Bonchev–Trinajstić information content (AvgIpc) is 2.84. The molecular formula is C23H30FN7O2S. The molecule has 182 valence electrons. The van der Waals surface area contributed by atoms with E-state index < -0.39 is 11.9 Å². The highest BCUT2D eigenvalue weighted by atomic mass is 32.2. The summed E-state index contributed by atoms with van der Waals surface area (Å²) in [5.74, 6) is -0.835. The van der Waals surface area contributed by atoms with Gasteiger partial charge in [-0.25, -0.2) is 4.98 Å². The van der Waals surface area contributed by atoms with Gasteiger partial charge in [0.15, 0.2) is 5.70 Å². The summed E-state index contributed by atoms with van der Waals surface area (Å²) < 4.78 is 12.8. The summed E-state index contributed by atoms with van der Waals surface area (Å²) in [6.45, 7) is 7.63. The minimum atomic E-state index is -0.665. The molecule has 1 fully saturated rings. The van der Waals surface area contributed by atoms with Crippen LogP contribution in [0.2, 0.25) is 0 Å². The monoisotopic (exact) mass is 487 g/mol. The van der Waals surface area contributed by atoms with Crippen molar-refractivity contribution in [1.29, 1.82) is 0 Å². The molecule has 0 saturated carbocycles. The molecular weight excluding hydrogens is 457 g/mol. The fourth-order valence-electron chi connectivity index (χ4n) is 3.05. The van der Waals surface area contributed by atoms with Crippen molar-refractivity contribution in [3.8, 4) is 0 Å². The zero-order valence-corrected chi connectivity index (χ0v) is 20.1. The number of aromatic nitrogens is 1. The van der Waals surface area contributed by atoms with E-state index in [0.29, 0.717) is 16.6 Å². The van der Waals surface area contributed by atoms with E-state index >= 15 is 0 Å². The molecule has 0 spiro atoms. The molecule has 4 N–H and O–H groups in total. The van der Waals surface area contributed by atoms with Crippen LogP contribution in [0.1, 0.15) is 10.4 Å². The van der Waals surface area contributed by atoms with E-state index in [9.17, 15) is 14.0 Å². The second-order valence-electron chi connectivity index (χ2n) is 7.28. The number of anilines is 2. The number of likely N-dealkylation sites (N-methyl/N-ethyl adjacent to an activating group) is 1. The first kappa shape index (κ1) is 26.8. The first-order valence-electron chi connectivity index (χ1n) is 10.5. The molecule has 1 aliphatic rings. The third-order valence-corrected chi connectivity index (χ3v) is 5.93. The van der Waals surface area contributed by atoms with Crippen LogP contribution in [0, 0.1) is 5.95 Å². The van der Waals surface area contributed by atoms with Crippen LogP contribution in [0.3, 0.4) is 0 Å². The number of aliphatic imine (C=N–C) groups is 1. The summed E-state index contributed by atoms with van der Waals surface area (Å²) in [5, 5.41) is 6.27. The van der Waals surface area contributed by atoms with Gasteiger partial charge in [-0.05, 0) is 44.1 Å². The molecule has 34 heavy (non-hydrogen) atoms. The zero-order chi connectivity index (χ0) is 24.9. The van der Waals surface area contributed by atoms with Gasteiger partial charge in [0.2, 0.25) is 5.95 Å². The normalized spacial score (nSPS) is 14.3. The molecule has 2 heterocycles. The molecule has 1 aromatic heterocycles. The predicted octanol–water partition coefficient (Wildman–Crippen LogP) is 2.15. The van der Waals surface area contributed by atoms with Crippen LogP contribution >= 0.6 is 11.8 Å². The first-order chi connectivity index (χ1) is 16.4. The summed E-state index contributed by atoms with van der Waals surface area (Å²) in [5.41, 5.74) is 7.77. The number of hydrogen-bond acceptors (Lipinski definition) is 9. The van der Waals surface area contributed by atoms with Crippen LogP contribution in [0.5, 0.6) is 0 Å². The largest absolute Gasteiger partial charge is 0.381 e. The maximum absolute atomic E-state index is 12.8. The molecule has 1 aliphatic heterocycles. The highest BCUT2D eigenvalue weighted by Crippen LogP contribution is 2.19. The Morgan fingerprint density at radius 3 is 2.47 bits per heavy atom. The fraction of sp³-hybridized carbons (Fsp3) is 0.304. The van der Waals surface area contributed by atoms with Gasteiger partial charge in [-0.3, -0.25) is 14.6 Å². The van der Waals surface area contributed by atoms with Crippen LogP contribution in [0.25, 0.3) is 0 Å². The van der Waals surface area contributed by atoms with Crippen LogP contribution < -0.4 is 21.3 Å². The zero-order valence-electron chi connectivity index (χ0n) is 19.3. The Hall–Kier alpha value is -3.44. The minimum absolute atomic E-state index is 0.0650. The lowest BCUT2D eigenvalue weighted by Gasteiger charge is -2.34. The third-order valence-electron chi connectivity index (χ3n) is 4.95. The van der Waals surface area contributed by atoms with E-state index in [-0.39, 0.29) is 5.70 Å². The van der Waals surface area contributed by atoms with Crippen molar-refractivity contribution in [2.45, 2.75) is 0 Å². The standard InChI is InChI=1S/C12H16N2O.C11H14FN5OS/c1-13-6-8-14(9-7-13)12-4-2-11(10-15)3-5-12;1-14-9(10(13)18)11(15-2)19-6-17-7-3-4-16-8(12)5-7/h2-5,10H,6-9H2,1H3;3-5,15H,1,6H2,2H3,(H2,13,18)(H,16,17)/b;11-9-. The van der Waals surface area contributed by atoms with Gasteiger partial charge in [0.05, 0.1) is 5.88 Å².